The third-order valence-electron chi connectivity index (χ3n) is 6.99. The highest BCUT2D eigenvalue weighted by Gasteiger charge is 2.23. The number of rotatable bonds is 21. The predicted molar refractivity (Wildman–Crippen MR) is 154 cm³/mol. The van der Waals surface area contributed by atoms with Crippen molar-refractivity contribution in [2.45, 2.75) is 110 Å². The van der Waals surface area contributed by atoms with E-state index in [1.54, 1.807) is 36.4 Å². The number of esters is 1. The molecule has 6 heteroatoms. The van der Waals surface area contributed by atoms with Crippen LogP contribution in [0.2, 0.25) is 0 Å². The first-order valence-electron chi connectivity index (χ1n) is 14.9. The largest absolute Gasteiger partial charge is 0.423 e. The van der Waals surface area contributed by atoms with Gasteiger partial charge < -0.3 is 14.2 Å². The van der Waals surface area contributed by atoms with Gasteiger partial charge in [-0.25, -0.2) is 13.6 Å². The SMILES string of the molecule is CCCCCCCCCCCO[C@@H](C)c1ccc(C(=O)Oc2ccc([C@H](COCCCC)C(F)F)cc2)cc1. The van der Waals surface area contributed by atoms with E-state index in [0.29, 0.717) is 23.5 Å². The average molecular weight is 547 g/mol. The van der Waals surface area contributed by atoms with E-state index < -0.39 is 18.3 Å². The van der Waals surface area contributed by atoms with Crippen LogP contribution in [-0.2, 0) is 9.47 Å². The Morgan fingerprint density at radius 2 is 1.28 bits per heavy atom. The highest BCUT2D eigenvalue weighted by Crippen LogP contribution is 2.26. The van der Waals surface area contributed by atoms with Crippen molar-refractivity contribution < 1.29 is 27.8 Å². The molecule has 0 N–H and O–H groups in total. The third-order valence-corrected chi connectivity index (χ3v) is 6.99. The van der Waals surface area contributed by atoms with Crippen molar-refractivity contribution in [1.82, 2.24) is 0 Å². The maximum Gasteiger partial charge on any atom is 0.343 e. The molecule has 0 unspecified atom stereocenters. The summed E-state index contributed by atoms with van der Waals surface area (Å²) in [5.74, 6) is -1.19. The zero-order valence-electron chi connectivity index (χ0n) is 24.1. The predicted octanol–water partition coefficient (Wildman–Crippen LogP) is 9.68. The molecule has 0 aromatic heterocycles. The van der Waals surface area contributed by atoms with Crippen molar-refractivity contribution in [3.05, 3.63) is 65.2 Å². The molecule has 2 aromatic rings. The van der Waals surface area contributed by atoms with Crippen LogP contribution in [0, 0.1) is 0 Å². The summed E-state index contributed by atoms with van der Waals surface area (Å²) in [5, 5.41) is 0. The number of alkyl halides is 2. The minimum Gasteiger partial charge on any atom is -0.423 e. The van der Waals surface area contributed by atoms with Crippen LogP contribution < -0.4 is 4.74 Å². The van der Waals surface area contributed by atoms with Crippen molar-refractivity contribution in [3.63, 3.8) is 0 Å². The third kappa shape index (κ3) is 13.1. The van der Waals surface area contributed by atoms with Gasteiger partial charge in [-0.2, -0.15) is 0 Å². The Morgan fingerprint density at radius 3 is 1.87 bits per heavy atom. The molecule has 0 bridgehead atoms. The summed E-state index contributed by atoms with van der Waals surface area (Å²) in [5.41, 5.74) is 1.89. The molecular weight excluding hydrogens is 498 g/mol. The summed E-state index contributed by atoms with van der Waals surface area (Å²) in [4.78, 5) is 12.6. The monoisotopic (exact) mass is 546 g/mol. The summed E-state index contributed by atoms with van der Waals surface area (Å²) in [7, 11) is 0. The first-order valence-corrected chi connectivity index (χ1v) is 14.9. The number of hydrogen-bond donors (Lipinski definition) is 0. The summed E-state index contributed by atoms with van der Waals surface area (Å²) >= 11 is 0. The number of halogens is 2. The van der Waals surface area contributed by atoms with Gasteiger partial charge in [0.05, 0.1) is 24.2 Å². The molecule has 2 atom stereocenters. The molecule has 0 radical (unpaired) electrons. The maximum atomic E-state index is 13.5. The molecule has 218 valence electrons. The first-order chi connectivity index (χ1) is 19.0. The van der Waals surface area contributed by atoms with Crippen molar-refractivity contribution in [2.75, 3.05) is 19.8 Å². The van der Waals surface area contributed by atoms with Gasteiger partial charge in [0.2, 0.25) is 6.43 Å². The van der Waals surface area contributed by atoms with Gasteiger partial charge in [-0.1, -0.05) is 95.9 Å². The second-order valence-electron chi connectivity index (χ2n) is 10.3. The Hall–Kier alpha value is -2.31. The van der Waals surface area contributed by atoms with Crippen molar-refractivity contribution in [1.29, 1.82) is 0 Å². The van der Waals surface area contributed by atoms with Crippen LogP contribution in [0.1, 0.15) is 125 Å². The Labute approximate surface area is 234 Å². The molecule has 0 aliphatic rings. The molecule has 0 aliphatic heterocycles. The van der Waals surface area contributed by atoms with Crippen LogP contribution in [-0.4, -0.2) is 32.2 Å². The molecule has 0 aliphatic carbocycles. The maximum absolute atomic E-state index is 13.5. The van der Waals surface area contributed by atoms with E-state index in [1.165, 1.54) is 51.4 Å². The highest BCUT2D eigenvalue weighted by molar-refractivity contribution is 5.91. The second-order valence-corrected chi connectivity index (χ2v) is 10.3. The van der Waals surface area contributed by atoms with E-state index in [2.05, 4.69) is 6.92 Å². The fourth-order valence-electron chi connectivity index (χ4n) is 4.38. The van der Waals surface area contributed by atoms with Crippen molar-refractivity contribution in [2.24, 2.45) is 0 Å². The lowest BCUT2D eigenvalue weighted by Gasteiger charge is -2.17. The number of ether oxygens (including phenoxy) is 3. The summed E-state index contributed by atoms with van der Waals surface area (Å²) in [6.45, 7) is 7.45. The van der Waals surface area contributed by atoms with E-state index in [9.17, 15) is 13.6 Å². The Bertz CT molecular complexity index is 899. The van der Waals surface area contributed by atoms with Crippen LogP contribution in [0.25, 0.3) is 0 Å². The van der Waals surface area contributed by atoms with Gasteiger partial charge in [0, 0.05) is 13.2 Å². The van der Waals surface area contributed by atoms with Gasteiger partial charge in [-0.15, -0.1) is 0 Å². The molecular formula is C33H48F2O4. The van der Waals surface area contributed by atoms with Crippen LogP contribution in [0.15, 0.2) is 48.5 Å². The Balaban J connectivity index is 1.74. The van der Waals surface area contributed by atoms with E-state index in [4.69, 9.17) is 14.2 Å². The lowest BCUT2D eigenvalue weighted by Crippen LogP contribution is -2.16. The molecule has 0 fully saturated rings. The van der Waals surface area contributed by atoms with Crippen LogP contribution in [0.3, 0.4) is 0 Å². The van der Waals surface area contributed by atoms with Gasteiger partial charge in [0.1, 0.15) is 5.75 Å². The molecule has 2 rings (SSSR count). The smallest absolute Gasteiger partial charge is 0.343 e. The van der Waals surface area contributed by atoms with Gasteiger partial charge in [0.15, 0.2) is 0 Å². The molecule has 0 heterocycles. The second kappa shape index (κ2) is 19.7. The number of carbonyl (C=O) groups is 1. The number of unbranched alkanes of at least 4 members (excludes halogenated alkanes) is 9. The number of hydrogen-bond acceptors (Lipinski definition) is 4. The molecule has 0 saturated carbocycles. The lowest BCUT2D eigenvalue weighted by atomic mass is 10.0. The lowest BCUT2D eigenvalue weighted by molar-refractivity contribution is 0.0425. The topological polar surface area (TPSA) is 44.8 Å². The molecule has 0 spiro atoms. The first kappa shape index (κ1) is 32.9. The molecule has 4 nitrogen and oxygen atoms in total. The molecule has 2 aromatic carbocycles. The van der Waals surface area contributed by atoms with Crippen LogP contribution >= 0.6 is 0 Å². The zero-order valence-corrected chi connectivity index (χ0v) is 24.1. The molecule has 0 amide bonds. The van der Waals surface area contributed by atoms with Gasteiger partial charge in [0.25, 0.3) is 0 Å². The number of benzene rings is 2. The standard InChI is InChI=1S/C33H48F2O4/c1-4-6-8-9-10-11-12-13-14-24-38-26(3)27-15-17-29(18-16-27)33(36)39-30-21-19-28(20-22-30)31(32(34)35)25-37-23-7-5-2/h15-22,26,31-32H,4-14,23-25H2,1-3H3/t26-,31-/m0/s1. The number of carbonyl (C=O) groups excluding carboxylic acids is 1. The van der Waals surface area contributed by atoms with Gasteiger partial charge in [-0.3, -0.25) is 0 Å². The van der Waals surface area contributed by atoms with Gasteiger partial charge >= 0.3 is 5.97 Å². The fraction of sp³-hybridized carbons (Fsp3) is 0.606. The average Bonchev–Trinajstić information content (AvgIpc) is 2.94. The molecule has 0 saturated heterocycles. The summed E-state index contributed by atoms with van der Waals surface area (Å²) < 4.78 is 43.9. The van der Waals surface area contributed by atoms with E-state index in [0.717, 1.165) is 31.4 Å². The summed E-state index contributed by atoms with van der Waals surface area (Å²) in [6, 6.07) is 13.4. The fourth-order valence-corrected chi connectivity index (χ4v) is 4.38. The Morgan fingerprint density at radius 1 is 0.718 bits per heavy atom. The highest BCUT2D eigenvalue weighted by atomic mass is 19.3. The van der Waals surface area contributed by atoms with Crippen LogP contribution in [0.4, 0.5) is 8.78 Å². The molecule has 39 heavy (non-hydrogen) atoms. The van der Waals surface area contributed by atoms with Crippen molar-refractivity contribution >= 4 is 5.97 Å². The van der Waals surface area contributed by atoms with E-state index in [-0.39, 0.29) is 12.7 Å². The summed E-state index contributed by atoms with van der Waals surface area (Å²) in [6.07, 6.45) is 10.7. The minimum atomic E-state index is -2.53. The van der Waals surface area contributed by atoms with E-state index >= 15 is 0 Å². The zero-order chi connectivity index (χ0) is 28.3. The normalized spacial score (nSPS) is 13.0. The van der Waals surface area contributed by atoms with Gasteiger partial charge in [-0.05, 0) is 55.2 Å². The quantitative estimate of drug-likeness (QED) is 0.0888. The van der Waals surface area contributed by atoms with Crippen LogP contribution in [0.5, 0.6) is 5.75 Å². The van der Waals surface area contributed by atoms with E-state index in [1.807, 2.05) is 26.0 Å². The van der Waals surface area contributed by atoms with Crippen molar-refractivity contribution in [3.8, 4) is 5.75 Å². The minimum absolute atomic E-state index is 0.0372. The Kier molecular flexibility index (Phi) is 16.6.